The van der Waals surface area contributed by atoms with Gasteiger partial charge in [0.2, 0.25) is 10.0 Å². The molecule has 0 aliphatic carbocycles. The van der Waals surface area contributed by atoms with Crippen molar-refractivity contribution in [3.05, 3.63) is 59.9 Å². The molecule has 136 valence electrons. The van der Waals surface area contributed by atoms with Crippen molar-refractivity contribution in [3.8, 4) is 5.75 Å². The molecule has 6 nitrogen and oxygen atoms in total. The Morgan fingerprint density at radius 3 is 2.81 bits per heavy atom. The van der Waals surface area contributed by atoms with E-state index in [1.165, 1.54) is 13.0 Å². The van der Waals surface area contributed by atoms with Gasteiger partial charge in [0.05, 0.1) is 11.5 Å². The van der Waals surface area contributed by atoms with Crippen LogP contribution in [0.25, 0.3) is 11.0 Å². The van der Waals surface area contributed by atoms with Gasteiger partial charge < -0.3 is 14.3 Å². The highest BCUT2D eigenvalue weighted by Crippen LogP contribution is 2.29. The molecular formula is C19H19NO5S. The maximum Gasteiger partial charge on any atom is 0.240 e. The minimum Gasteiger partial charge on any atom is -0.493 e. The fraction of sp³-hybridized carbons (Fsp3) is 0.263. The van der Waals surface area contributed by atoms with Crippen LogP contribution in [0.3, 0.4) is 0 Å². The number of ether oxygens (including phenoxy) is 1. The highest BCUT2D eigenvalue weighted by Gasteiger charge is 2.30. The lowest BCUT2D eigenvalue weighted by molar-refractivity contribution is 0.0412. The highest BCUT2D eigenvalue weighted by molar-refractivity contribution is 7.89. The summed E-state index contributed by atoms with van der Waals surface area (Å²) in [5.41, 5.74) is 0.0347. The summed E-state index contributed by atoms with van der Waals surface area (Å²) in [6.45, 7) is 1.87. The first-order chi connectivity index (χ1) is 12.4. The zero-order valence-corrected chi connectivity index (χ0v) is 15.0. The summed E-state index contributed by atoms with van der Waals surface area (Å²) >= 11 is 0. The van der Waals surface area contributed by atoms with E-state index in [1.807, 2.05) is 18.2 Å². The van der Waals surface area contributed by atoms with Crippen molar-refractivity contribution >= 4 is 21.0 Å². The van der Waals surface area contributed by atoms with E-state index in [9.17, 15) is 13.5 Å². The summed E-state index contributed by atoms with van der Waals surface area (Å²) in [5, 5.41) is 11.6. The lowest BCUT2D eigenvalue weighted by Crippen LogP contribution is -2.38. The predicted molar refractivity (Wildman–Crippen MR) is 96.6 cm³/mol. The Kier molecular flexibility index (Phi) is 4.02. The predicted octanol–water partition coefficient (Wildman–Crippen LogP) is 2.55. The van der Waals surface area contributed by atoms with Crippen molar-refractivity contribution in [1.29, 1.82) is 0 Å². The first-order valence-electron chi connectivity index (χ1n) is 8.32. The van der Waals surface area contributed by atoms with Crippen molar-refractivity contribution in [3.63, 3.8) is 0 Å². The molecule has 0 bridgehead atoms. The van der Waals surface area contributed by atoms with Crippen molar-refractivity contribution in [2.24, 2.45) is 0 Å². The average Bonchev–Trinajstić information content (AvgIpc) is 3.26. The lowest BCUT2D eigenvalue weighted by atomic mass is 10.0. The molecule has 0 unspecified atom stereocenters. The lowest BCUT2D eigenvalue weighted by Gasteiger charge is -2.21. The van der Waals surface area contributed by atoms with Crippen molar-refractivity contribution in [2.75, 3.05) is 13.2 Å². The topological polar surface area (TPSA) is 88.8 Å². The van der Waals surface area contributed by atoms with Crippen molar-refractivity contribution < 1.29 is 22.7 Å². The summed E-state index contributed by atoms with van der Waals surface area (Å²) in [4.78, 5) is 0.155. The van der Waals surface area contributed by atoms with Gasteiger partial charge in [-0.25, -0.2) is 13.1 Å². The number of fused-ring (bicyclic) bond motifs is 2. The zero-order valence-electron chi connectivity index (χ0n) is 14.2. The third kappa shape index (κ3) is 3.09. The molecule has 0 saturated carbocycles. The van der Waals surface area contributed by atoms with Crippen molar-refractivity contribution in [1.82, 2.24) is 4.72 Å². The van der Waals surface area contributed by atoms with E-state index in [2.05, 4.69) is 4.72 Å². The largest absolute Gasteiger partial charge is 0.493 e. The highest BCUT2D eigenvalue weighted by atomic mass is 32.2. The SMILES string of the molecule is C[C@@](O)(CNS(=O)(=O)c1ccc2c(c1)CCO2)c1cc2ccccc2o1. The van der Waals surface area contributed by atoms with Crippen molar-refractivity contribution in [2.45, 2.75) is 23.8 Å². The average molecular weight is 373 g/mol. The van der Waals surface area contributed by atoms with Gasteiger partial charge in [-0.15, -0.1) is 0 Å². The number of para-hydroxylation sites is 1. The molecule has 0 spiro atoms. The second kappa shape index (κ2) is 6.12. The molecular weight excluding hydrogens is 354 g/mol. The number of nitrogens with one attached hydrogen (secondary N) is 1. The number of aliphatic hydroxyl groups is 1. The first kappa shape index (κ1) is 17.1. The van der Waals surface area contributed by atoms with E-state index in [0.717, 1.165) is 16.7 Å². The first-order valence-corrected chi connectivity index (χ1v) is 9.80. The molecule has 1 aliphatic rings. The summed E-state index contributed by atoms with van der Waals surface area (Å²) in [6.07, 6.45) is 0.690. The maximum absolute atomic E-state index is 12.6. The van der Waals surface area contributed by atoms with Gasteiger partial charge in [-0.05, 0) is 42.8 Å². The van der Waals surface area contributed by atoms with Gasteiger partial charge >= 0.3 is 0 Å². The normalized spacial score (nSPS) is 16.2. The minimum absolute atomic E-state index is 0.155. The van der Waals surface area contributed by atoms with E-state index in [-0.39, 0.29) is 11.4 Å². The monoisotopic (exact) mass is 373 g/mol. The van der Waals surface area contributed by atoms with Gasteiger partial charge in [-0.1, -0.05) is 18.2 Å². The smallest absolute Gasteiger partial charge is 0.240 e. The number of hydrogen-bond acceptors (Lipinski definition) is 5. The fourth-order valence-electron chi connectivity index (χ4n) is 2.98. The molecule has 2 N–H and O–H groups in total. The van der Waals surface area contributed by atoms with Crippen LogP contribution in [-0.2, 0) is 22.0 Å². The van der Waals surface area contributed by atoms with Gasteiger partial charge in [-0.3, -0.25) is 0 Å². The second-order valence-corrected chi connectivity index (χ2v) is 8.38. The summed E-state index contributed by atoms with van der Waals surface area (Å²) < 4.78 is 38.7. The molecule has 1 aliphatic heterocycles. The molecule has 0 amide bonds. The van der Waals surface area contributed by atoms with Gasteiger partial charge in [-0.2, -0.15) is 0 Å². The Bertz CT molecular complexity index is 1040. The molecule has 26 heavy (non-hydrogen) atoms. The summed E-state index contributed by atoms with van der Waals surface area (Å²) in [7, 11) is -3.76. The van der Waals surface area contributed by atoms with Crippen LogP contribution in [0, 0.1) is 0 Å². The molecule has 0 saturated heterocycles. The van der Waals surface area contributed by atoms with E-state index >= 15 is 0 Å². The second-order valence-electron chi connectivity index (χ2n) is 6.61. The van der Waals surface area contributed by atoms with E-state index in [4.69, 9.17) is 9.15 Å². The third-order valence-electron chi connectivity index (χ3n) is 4.53. The zero-order chi connectivity index (χ0) is 18.4. The number of sulfonamides is 1. The van der Waals surface area contributed by atoms with Crippen LogP contribution >= 0.6 is 0 Å². The van der Waals surface area contributed by atoms with Crippen LogP contribution in [-0.4, -0.2) is 26.7 Å². The molecule has 1 aromatic heterocycles. The van der Waals surface area contributed by atoms with Gasteiger partial charge in [0.25, 0.3) is 0 Å². The molecule has 2 heterocycles. The molecule has 0 radical (unpaired) electrons. The van der Waals surface area contributed by atoms with Gasteiger partial charge in [0, 0.05) is 18.4 Å². The van der Waals surface area contributed by atoms with Crippen LogP contribution < -0.4 is 9.46 Å². The number of hydrogen-bond donors (Lipinski definition) is 2. The molecule has 3 aromatic rings. The maximum atomic E-state index is 12.6. The molecule has 4 rings (SSSR count). The van der Waals surface area contributed by atoms with Crippen LogP contribution in [0.4, 0.5) is 0 Å². The number of benzene rings is 2. The standard InChI is InChI=1S/C19H19NO5S/c1-19(21,18-11-13-4-2-3-5-17(13)25-18)12-20-26(22,23)15-6-7-16-14(10-15)8-9-24-16/h2-7,10-11,20-21H,8-9,12H2,1H3/t19-/m1/s1. The Morgan fingerprint density at radius 1 is 1.19 bits per heavy atom. The molecule has 2 aromatic carbocycles. The number of rotatable bonds is 5. The molecule has 7 heteroatoms. The van der Waals surface area contributed by atoms with Gasteiger partial charge in [0.15, 0.2) is 0 Å². The quantitative estimate of drug-likeness (QED) is 0.718. The van der Waals surface area contributed by atoms with Crippen LogP contribution in [0.1, 0.15) is 18.2 Å². The summed E-state index contributed by atoms with van der Waals surface area (Å²) in [5.74, 6) is 1.03. The minimum atomic E-state index is -3.76. The fourth-order valence-corrected chi connectivity index (χ4v) is 4.17. The Morgan fingerprint density at radius 2 is 2.00 bits per heavy atom. The van der Waals surface area contributed by atoms with E-state index in [0.29, 0.717) is 24.4 Å². The van der Waals surface area contributed by atoms with Gasteiger partial charge in [0.1, 0.15) is 22.7 Å². The Hall–Kier alpha value is -2.35. The van der Waals surface area contributed by atoms with Crippen LogP contribution in [0.2, 0.25) is 0 Å². The summed E-state index contributed by atoms with van der Waals surface area (Å²) in [6, 6.07) is 13.9. The molecule has 0 fully saturated rings. The van der Waals surface area contributed by atoms with Crippen LogP contribution in [0.15, 0.2) is 57.8 Å². The Balaban J connectivity index is 1.54. The third-order valence-corrected chi connectivity index (χ3v) is 5.93. The Labute approximate surface area is 151 Å². The van der Waals surface area contributed by atoms with E-state index in [1.54, 1.807) is 24.3 Å². The molecule has 1 atom stereocenters. The number of furan rings is 1. The van der Waals surface area contributed by atoms with Crippen LogP contribution in [0.5, 0.6) is 5.75 Å². The van der Waals surface area contributed by atoms with E-state index < -0.39 is 15.6 Å².